The fourth-order valence-corrected chi connectivity index (χ4v) is 2.29. The number of aliphatic imine (C=N–C) groups is 1. The molecule has 4 nitrogen and oxygen atoms in total. The molecule has 0 fully saturated rings. The van der Waals surface area contributed by atoms with Gasteiger partial charge in [0.05, 0.1) is 6.26 Å². The van der Waals surface area contributed by atoms with E-state index in [9.17, 15) is 0 Å². The summed E-state index contributed by atoms with van der Waals surface area (Å²) in [5, 5.41) is 6.74. The van der Waals surface area contributed by atoms with Crippen molar-refractivity contribution in [1.29, 1.82) is 0 Å². The summed E-state index contributed by atoms with van der Waals surface area (Å²) in [6.45, 7) is 2.99. The molecule has 1 aromatic carbocycles. The first-order valence-electron chi connectivity index (χ1n) is 7.81. The molecular formula is C18H26IN3O. The zero-order valence-corrected chi connectivity index (χ0v) is 16.1. The van der Waals surface area contributed by atoms with Crippen LogP contribution in [0.15, 0.2) is 58.1 Å². The molecule has 2 aromatic rings. The van der Waals surface area contributed by atoms with E-state index < -0.39 is 0 Å². The number of halogens is 1. The van der Waals surface area contributed by atoms with E-state index in [-0.39, 0.29) is 24.0 Å². The van der Waals surface area contributed by atoms with E-state index in [4.69, 9.17) is 4.42 Å². The Bertz CT molecular complexity index is 555. The Morgan fingerprint density at radius 2 is 1.91 bits per heavy atom. The van der Waals surface area contributed by atoms with Crippen LogP contribution < -0.4 is 10.6 Å². The molecule has 23 heavy (non-hydrogen) atoms. The van der Waals surface area contributed by atoms with E-state index in [0.29, 0.717) is 6.04 Å². The summed E-state index contributed by atoms with van der Waals surface area (Å²) in [5.41, 5.74) is 1.37. The Kier molecular flexibility index (Phi) is 9.43. The van der Waals surface area contributed by atoms with Gasteiger partial charge < -0.3 is 15.1 Å². The third kappa shape index (κ3) is 7.54. The van der Waals surface area contributed by atoms with Crippen LogP contribution in [0.4, 0.5) is 0 Å². The molecule has 0 spiro atoms. The Labute approximate surface area is 155 Å². The molecule has 0 saturated heterocycles. The highest BCUT2D eigenvalue weighted by atomic mass is 127. The second kappa shape index (κ2) is 11.1. The van der Waals surface area contributed by atoms with Gasteiger partial charge in [-0.2, -0.15) is 0 Å². The summed E-state index contributed by atoms with van der Waals surface area (Å²) < 4.78 is 5.32. The van der Waals surface area contributed by atoms with Gasteiger partial charge in [0, 0.05) is 26.1 Å². The third-order valence-corrected chi connectivity index (χ3v) is 3.56. The highest BCUT2D eigenvalue weighted by Crippen LogP contribution is 2.04. The van der Waals surface area contributed by atoms with E-state index >= 15 is 0 Å². The molecule has 0 radical (unpaired) electrons. The maximum absolute atomic E-state index is 5.32. The van der Waals surface area contributed by atoms with E-state index in [0.717, 1.165) is 37.5 Å². The van der Waals surface area contributed by atoms with Crippen molar-refractivity contribution in [3.05, 3.63) is 60.1 Å². The minimum atomic E-state index is 0. The average Bonchev–Trinajstić information content (AvgIpc) is 3.06. The molecule has 0 saturated carbocycles. The number of hydrogen-bond donors (Lipinski definition) is 2. The molecule has 1 unspecified atom stereocenters. The SMILES string of the molecule is CN=C(NCCc1ccco1)NC(C)CCc1ccccc1.I. The largest absolute Gasteiger partial charge is 0.469 e. The molecule has 0 aliphatic heterocycles. The highest BCUT2D eigenvalue weighted by molar-refractivity contribution is 14.0. The van der Waals surface area contributed by atoms with E-state index in [1.54, 1.807) is 13.3 Å². The van der Waals surface area contributed by atoms with Gasteiger partial charge in [-0.15, -0.1) is 24.0 Å². The van der Waals surface area contributed by atoms with Crippen molar-refractivity contribution in [3.8, 4) is 0 Å². The Morgan fingerprint density at radius 3 is 2.57 bits per heavy atom. The lowest BCUT2D eigenvalue weighted by Crippen LogP contribution is -2.43. The summed E-state index contributed by atoms with van der Waals surface area (Å²) in [5.74, 6) is 1.83. The van der Waals surface area contributed by atoms with E-state index in [1.165, 1.54) is 5.56 Å². The van der Waals surface area contributed by atoms with Crippen molar-refractivity contribution in [1.82, 2.24) is 10.6 Å². The van der Waals surface area contributed by atoms with Gasteiger partial charge >= 0.3 is 0 Å². The topological polar surface area (TPSA) is 49.6 Å². The maximum atomic E-state index is 5.32. The molecule has 0 aliphatic carbocycles. The summed E-state index contributed by atoms with van der Waals surface area (Å²) in [4.78, 5) is 4.27. The predicted molar refractivity (Wildman–Crippen MR) is 107 cm³/mol. The summed E-state index contributed by atoms with van der Waals surface area (Å²) in [6, 6.07) is 14.8. The van der Waals surface area contributed by atoms with Crippen LogP contribution in [0.3, 0.4) is 0 Å². The number of guanidine groups is 1. The first-order valence-corrected chi connectivity index (χ1v) is 7.81. The molecule has 0 amide bonds. The number of furan rings is 1. The number of benzene rings is 1. The van der Waals surface area contributed by atoms with Crippen LogP contribution in [-0.2, 0) is 12.8 Å². The van der Waals surface area contributed by atoms with E-state index in [2.05, 4.69) is 52.9 Å². The second-order valence-corrected chi connectivity index (χ2v) is 5.40. The molecule has 1 aromatic heterocycles. The minimum Gasteiger partial charge on any atom is -0.469 e. The lowest BCUT2D eigenvalue weighted by Gasteiger charge is -2.17. The molecule has 2 rings (SSSR count). The standard InChI is InChI=1S/C18H25N3O.HI/c1-15(10-11-16-7-4-3-5-8-16)21-18(19-2)20-13-12-17-9-6-14-22-17;/h3-9,14-15H,10-13H2,1-2H3,(H2,19,20,21);1H. The monoisotopic (exact) mass is 427 g/mol. The van der Waals surface area contributed by atoms with Gasteiger partial charge in [-0.3, -0.25) is 4.99 Å². The normalized spacial score (nSPS) is 12.3. The smallest absolute Gasteiger partial charge is 0.191 e. The lowest BCUT2D eigenvalue weighted by atomic mass is 10.1. The van der Waals surface area contributed by atoms with Crippen LogP contribution >= 0.6 is 24.0 Å². The zero-order chi connectivity index (χ0) is 15.6. The lowest BCUT2D eigenvalue weighted by molar-refractivity contribution is 0.506. The van der Waals surface area contributed by atoms with Crippen molar-refractivity contribution in [2.24, 2.45) is 4.99 Å². The van der Waals surface area contributed by atoms with Gasteiger partial charge in [-0.05, 0) is 37.5 Å². The summed E-state index contributed by atoms with van der Waals surface area (Å²) in [7, 11) is 1.80. The van der Waals surface area contributed by atoms with Crippen LogP contribution in [0.25, 0.3) is 0 Å². The Balaban J connectivity index is 0.00000264. The molecule has 0 bridgehead atoms. The van der Waals surface area contributed by atoms with Gasteiger partial charge in [0.15, 0.2) is 5.96 Å². The number of rotatable bonds is 7. The number of aryl methyl sites for hydroxylation is 1. The maximum Gasteiger partial charge on any atom is 0.191 e. The van der Waals surface area contributed by atoms with Gasteiger partial charge in [0.2, 0.25) is 0 Å². The summed E-state index contributed by atoms with van der Waals surface area (Å²) in [6.07, 6.45) is 4.70. The van der Waals surface area contributed by atoms with Gasteiger partial charge in [0.25, 0.3) is 0 Å². The second-order valence-electron chi connectivity index (χ2n) is 5.40. The Morgan fingerprint density at radius 1 is 1.13 bits per heavy atom. The summed E-state index contributed by atoms with van der Waals surface area (Å²) >= 11 is 0. The van der Waals surface area contributed by atoms with Crippen molar-refractivity contribution in [2.45, 2.75) is 32.2 Å². The molecule has 126 valence electrons. The highest BCUT2D eigenvalue weighted by Gasteiger charge is 2.05. The molecule has 1 atom stereocenters. The first kappa shape index (κ1) is 19.5. The first-order chi connectivity index (χ1) is 10.8. The third-order valence-electron chi connectivity index (χ3n) is 3.56. The zero-order valence-electron chi connectivity index (χ0n) is 13.8. The fourth-order valence-electron chi connectivity index (χ4n) is 2.29. The van der Waals surface area contributed by atoms with Crippen LogP contribution in [-0.4, -0.2) is 25.6 Å². The van der Waals surface area contributed by atoms with Gasteiger partial charge in [0.1, 0.15) is 5.76 Å². The average molecular weight is 427 g/mol. The predicted octanol–water partition coefficient (Wildman–Crippen LogP) is 3.63. The molecule has 0 aliphatic rings. The van der Waals surface area contributed by atoms with Gasteiger partial charge in [-0.25, -0.2) is 0 Å². The minimum absolute atomic E-state index is 0. The van der Waals surface area contributed by atoms with Crippen molar-refractivity contribution >= 4 is 29.9 Å². The fraction of sp³-hybridized carbons (Fsp3) is 0.389. The molecule has 1 heterocycles. The van der Waals surface area contributed by atoms with Gasteiger partial charge in [-0.1, -0.05) is 30.3 Å². The quantitative estimate of drug-likeness (QED) is 0.403. The van der Waals surface area contributed by atoms with Crippen LogP contribution in [0, 0.1) is 0 Å². The van der Waals surface area contributed by atoms with Crippen LogP contribution in [0.2, 0.25) is 0 Å². The van der Waals surface area contributed by atoms with Crippen molar-refractivity contribution in [2.75, 3.05) is 13.6 Å². The van der Waals surface area contributed by atoms with E-state index in [1.807, 2.05) is 12.1 Å². The number of hydrogen-bond acceptors (Lipinski definition) is 2. The van der Waals surface area contributed by atoms with Crippen molar-refractivity contribution in [3.63, 3.8) is 0 Å². The number of nitrogens with zero attached hydrogens (tertiary/aromatic N) is 1. The number of nitrogens with one attached hydrogen (secondary N) is 2. The Hall–Kier alpha value is -1.50. The van der Waals surface area contributed by atoms with Crippen molar-refractivity contribution < 1.29 is 4.42 Å². The van der Waals surface area contributed by atoms with Crippen LogP contribution in [0.5, 0.6) is 0 Å². The molecular weight excluding hydrogens is 401 g/mol. The molecule has 5 heteroatoms. The van der Waals surface area contributed by atoms with Crippen LogP contribution in [0.1, 0.15) is 24.7 Å². The molecule has 2 N–H and O–H groups in total.